The second-order valence-electron chi connectivity index (χ2n) is 7.60. The Morgan fingerprint density at radius 2 is 1.50 bits per heavy atom. The first kappa shape index (κ1) is 28.7. The lowest BCUT2D eigenvalue weighted by molar-refractivity contribution is -0.492. The van der Waals surface area contributed by atoms with Gasteiger partial charge in [-0.2, -0.15) is 0 Å². The molecule has 36 heavy (non-hydrogen) atoms. The number of ether oxygens (including phenoxy) is 4. The van der Waals surface area contributed by atoms with Crippen molar-refractivity contribution in [3.8, 4) is 5.75 Å². The summed E-state index contributed by atoms with van der Waals surface area (Å²) in [6.07, 6.45) is 1.01. The van der Waals surface area contributed by atoms with Gasteiger partial charge in [-0.3, -0.25) is 24.8 Å². The third kappa shape index (κ3) is 9.96. The van der Waals surface area contributed by atoms with Crippen molar-refractivity contribution in [3.05, 3.63) is 42.0 Å². The zero-order valence-electron chi connectivity index (χ0n) is 20.0. The van der Waals surface area contributed by atoms with Crippen LogP contribution in [-0.2, 0) is 38.2 Å². The fraction of sp³-hybridized carbons (Fsp3) is 0.417. The number of carbonyl (C=O) groups is 4. The lowest BCUT2D eigenvalue weighted by atomic mass is 9.98. The van der Waals surface area contributed by atoms with Crippen LogP contribution in [0, 0.1) is 0 Å². The van der Waals surface area contributed by atoms with Crippen LogP contribution in [-0.4, -0.2) is 66.1 Å². The molecule has 2 N–H and O–H groups in total. The van der Waals surface area contributed by atoms with E-state index in [0.717, 1.165) is 10.8 Å². The number of benzene rings is 2. The highest BCUT2D eigenvalue weighted by Gasteiger charge is 2.19. The molecule has 0 saturated heterocycles. The van der Waals surface area contributed by atoms with Crippen LogP contribution >= 0.6 is 0 Å². The van der Waals surface area contributed by atoms with E-state index in [1.807, 2.05) is 0 Å². The number of unbranched alkanes of at least 4 members (excludes halogenated alkanes) is 1. The molecule has 1 atom stereocenters. The van der Waals surface area contributed by atoms with Gasteiger partial charge < -0.3 is 18.9 Å². The summed E-state index contributed by atoms with van der Waals surface area (Å²) in [5.74, 6) is -2.86. The van der Waals surface area contributed by atoms with Gasteiger partial charge in [0.25, 0.3) is 0 Å². The van der Waals surface area contributed by atoms with Crippen molar-refractivity contribution in [1.82, 2.24) is 5.39 Å². The molecular weight excluding hydrogens is 478 g/mol. The van der Waals surface area contributed by atoms with Crippen molar-refractivity contribution in [2.75, 3.05) is 26.4 Å². The summed E-state index contributed by atoms with van der Waals surface area (Å²) in [6.45, 7) is 2.36. The summed E-state index contributed by atoms with van der Waals surface area (Å²) in [7, 11) is 0. The van der Waals surface area contributed by atoms with Crippen molar-refractivity contribution >= 4 is 34.6 Å². The van der Waals surface area contributed by atoms with E-state index in [1.54, 1.807) is 50.2 Å². The molecule has 196 valence electrons. The van der Waals surface area contributed by atoms with E-state index in [4.69, 9.17) is 29.4 Å². The third-order valence-electron chi connectivity index (χ3n) is 4.90. The summed E-state index contributed by atoms with van der Waals surface area (Å²) in [6, 6.07) is 10.2. The maximum absolute atomic E-state index is 12.4. The molecule has 2 aromatic carbocycles. The maximum atomic E-state index is 12.4. The number of hydrogen-bond donors (Lipinski definition) is 2. The Hall–Kier alpha value is -3.58. The van der Waals surface area contributed by atoms with Gasteiger partial charge in [0.15, 0.2) is 13.2 Å². The zero-order chi connectivity index (χ0) is 26.5. The quantitative estimate of drug-likeness (QED) is 0.127. The molecule has 2 rings (SSSR count). The topological polar surface area (TPSA) is 158 Å². The summed E-state index contributed by atoms with van der Waals surface area (Å²) in [5.41, 5.74) is 0.666. The number of carbonyl (C=O) groups excluding carboxylic acids is 4. The maximum Gasteiger partial charge on any atom is 0.349 e. The van der Waals surface area contributed by atoms with Gasteiger partial charge in [-0.15, -0.1) is 0 Å². The highest BCUT2D eigenvalue weighted by atomic mass is 17.1. The highest BCUT2D eigenvalue weighted by molar-refractivity contribution is 5.88. The van der Waals surface area contributed by atoms with Gasteiger partial charge >= 0.3 is 23.9 Å². The summed E-state index contributed by atoms with van der Waals surface area (Å²) in [5, 5.41) is 17.9. The first-order chi connectivity index (χ1) is 17.2. The molecule has 12 heteroatoms. The molecule has 0 saturated carbocycles. The van der Waals surface area contributed by atoms with Crippen LogP contribution in [0.1, 0.15) is 44.6 Å². The van der Waals surface area contributed by atoms with Crippen LogP contribution < -0.4 is 4.74 Å². The molecule has 0 spiro atoms. The van der Waals surface area contributed by atoms with Crippen LogP contribution in [0.3, 0.4) is 0 Å². The second-order valence-corrected chi connectivity index (χ2v) is 7.60. The van der Waals surface area contributed by atoms with Crippen LogP contribution in [0.2, 0.25) is 0 Å². The van der Waals surface area contributed by atoms with E-state index >= 15 is 0 Å². The van der Waals surface area contributed by atoms with Crippen LogP contribution in [0.15, 0.2) is 36.4 Å². The third-order valence-corrected chi connectivity index (χ3v) is 4.90. The monoisotopic (exact) mass is 507 g/mol. The number of hydrogen-bond acceptors (Lipinski definition) is 12. The van der Waals surface area contributed by atoms with E-state index in [0.29, 0.717) is 18.4 Å². The van der Waals surface area contributed by atoms with Crippen molar-refractivity contribution in [3.63, 3.8) is 0 Å². The Kier molecular flexibility index (Phi) is 11.7. The van der Waals surface area contributed by atoms with E-state index in [-0.39, 0.29) is 25.4 Å². The van der Waals surface area contributed by atoms with Gasteiger partial charge in [0, 0.05) is 6.42 Å². The van der Waals surface area contributed by atoms with Gasteiger partial charge in [0.05, 0.1) is 24.5 Å². The zero-order valence-corrected chi connectivity index (χ0v) is 20.0. The normalized spacial score (nSPS) is 11.7. The fourth-order valence-corrected chi connectivity index (χ4v) is 2.95. The predicted octanol–water partition coefficient (Wildman–Crippen LogP) is 2.68. The number of rotatable bonds is 14. The van der Waals surface area contributed by atoms with Gasteiger partial charge in [-0.25, -0.2) is 9.59 Å². The minimum atomic E-state index is -0.701. The molecule has 0 fully saturated rings. The smallest absolute Gasteiger partial charge is 0.349 e. The first-order valence-corrected chi connectivity index (χ1v) is 11.2. The molecule has 12 nitrogen and oxygen atoms in total. The molecule has 0 aliphatic carbocycles. The molecule has 0 amide bonds. The lowest BCUT2D eigenvalue weighted by Gasteiger charge is -2.13. The average molecular weight is 507 g/mol. The molecule has 0 heterocycles. The second kappa shape index (κ2) is 14.7. The minimum Gasteiger partial charge on any atom is -0.463 e. The average Bonchev–Trinajstić information content (AvgIpc) is 2.86. The fourth-order valence-electron chi connectivity index (χ4n) is 2.95. The Morgan fingerprint density at radius 3 is 2.22 bits per heavy atom. The van der Waals surface area contributed by atoms with Crippen LogP contribution in [0.5, 0.6) is 5.75 Å². The number of nitrogens with zero attached hydrogens (tertiary/aromatic N) is 1. The Bertz CT molecular complexity index is 1050. The predicted molar refractivity (Wildman–Crippen MR) is 122 cm³/mol. The minimum absolute atomic E-state index is 0.0332. The lowest BCUT2D eigenvalue weighted by Crippen LogP contribution is -2.20. The van der Waals surface area contributed by atoms with Crippen molar-refractivity contribution in [2.45, 2.75) is 39.0 Å². The van der Waals surface area contributed by atoms with Gasteiger partial charge in [-0.05, 0) is 48.2 Å². The SMILES string of the molecule is CCC(=O)OCC(=O)Oc1ccc2cc(C(C)C(=O)OCC(=O)OCCCCON(O)O)ccc2c1. The Morgan fingerprint density at radius 1 is 0.833 bits per heavy atom. The van der Waals surface area contributed by atoms with Crippen LogP contribution in [0.25, 0.3) is 10.8 Å². The Labute approximate surface area is 207 Å². The summed E-state index contributed by atoms with van der Waals surface area (Å²) >= 11 is 0. The first-order valence-electron chi connectivity index (χ1n) is 11.2. The number of esters is 4. The highest BCUT2D eigenvalue weighted by Crippen LogP contribution is 2.26. The van der Waals surface area contributed by atoms with Crippen LogP contribution in [0.4, 0.5) is 0 Å². The van der Waals surface area contributed by atoms with Crippen molar-refractivity contribution in [1.29, 1.82) is 0 Å². The largest absolute Gasteiger partial charge is 0.463 e. The van der Waals surface area contributed by atoms with E-state index in [2.05, 4.69) is 4.84 Å². The van der Waals surface area contributed by atoms with E-state index < -0.39 is 48.4 Å². The van der Waals surface area contributed by atoms with Crippen molar-refractivity contribution in [2.24, 2.45) is 0 Å². The molecule has 0 aliphatic heterocycles. The van der Waals surface area contributed by atoms with Crippen molar-refractivity contribution < 1.29 is 53.4 Å². The summed E-state index contributed by atoms with van der Waals surface area (Å²) in [4.78, 5) is 51.4. The number of fused-ring (bicyclic) bond motifs is 1. The molecule has 1 unspecified atom stereocenters. The Balaban J connectivity index is 1.82. The summed E-state index contributed by atoms with van der Waals surface area (Å²) < 4.78 is 19.9. The van der Waals surface area contributed by atoms with Gasteiger partial charge in [-0.1, -0.05) is 31.2 Å². The molecule has 0 radical (unpaired) electrons. The standard InChI is InChI=1S/C24H29NO11/c1-3-21(26)33-15-23(28)36-20-9-8-18-12-17(6-7-19(18)13-20)16(2)24(29)34-14-22(27)32-10-4-5-11-35-25(30)31/h6-9,12-13,16,30-31H,3-5,10-11,14-15H2,1-2H3. The van der Waals surface area contributed by atoms with E-state index in [9.17, 15) is 19.2 Å². The van der Waals surface area contributed by atoms with Gasteiger partial charge in [0.2, 0.25) is 0 Å². The molecule has 0 bridgehead atoms. The molecule has 0 aromatic heterocycles. The van der Waals surface area contributed by atoms with E-state index in [1.165, 1.54) is 0 Å². The molecular formula is C24H29NO11. The van der Waals surface area contributed by atoms with Gasteiger partial charge in [0.1, 0.15) is 5.75 Å². The molecule has 2 aromatic rings. The molecule has 0 aliphatic rings.